The summed E-state index contributed by atoms with van der Waals surface area (Å²) in [6, 6.07) is 7.92. The number of halogens is 1. The zero-order valence-electron chi connectivity index (χ0n) is 11.7. The lowest BCUT2D eigenvalue weighted by Crippen LogP contribution is -2.36. The molecule has 1 atom stereocenters. The van der Waals surface area contributed by atoms with Gasteiger partial charge in [0, 0.05) is 23.5 Å². The fourth-order valence-corrected chi connectivity index (χ4v) is 2.58. The van der Waals surface area contributed by atoms with Crippen molar-refractivity contribution in [2.24, 2.45) is 0 Å². The molecule has 0 N–H and O–H groups in total. The Balaban J connectivity index is 1.88. The predicted octanol–water partition coefficient (Wildman–Crippen LogP) is 3.50. The SMILES string of the molecule is CC(c1ccc(Cl)cc1)N(C(=O)c1cnccn1)C1CC1. The van der Waals surface area contributed by atoms with E-state index in [1.165, 1.54) is 6.20 Å². The highest BCUT2D eigenvalue weighted by atomic mass is 35.5. The Morgan fingerprint density at radius 2 is 2.00 bits per heavy atom. The molecule has 1 fully saturated rings. The van der Waals surface area contributed by atoms with E-state index in [2.05, 4.69) is 9.97 Å². The molecule has 5 heteroatoms. The van der Waals surface area contributed by atoms with Gasteiger partial charge in [0.25, 0.3) is 5.91 Å². The minimum Gasteiger partial charge on any atom is -0.328 e. The van der Waals surface area contributed by atoms with Crippen LogP contribution in [0.25, 0.3) is 0 Å². The number of carbonyl (C=O) groups is 1. The third-order valence-electron chi connectivity index (χ3n) is 3.73. The lowest BCUT2D eigenvalue weighted by Gasteiger charge is -2.29. The van der Waals surface area contributed by atoms with Crippen molar-refractivity contribution in [3.8, 4) is 0 Å². The van der Waals surface area contributed by atoms with Crippen LogP contribution in [0.3, 0.4) is 0 Å². The van der Waals surface area contributed by atoms with E-state index >= 15 is 0 Å². The Kier molecular flexibility index (Phi) is 3.88. The first-order valence-electron chi connectivity index (χ1n) is 7.01. The van der Waals surface area contributed by atoms with Crippen LogP contribution in [0.15, 0.2) is 42.9 Å². The summed E-state index contributed by atoms with van der Waals surface area (Å²) in [5.41, 5.74) is 1.47. The number of nitrogens with zero attached hydrogens (tertiary/aromatic N) is 3. The van der Waals surface area contributed by atoms with Crippen molar-refractivity contribution < 1.29 is 4.79 Å². The van der Waals surface area contributed by atoms with E-state index in [0.29, 0.717) is 16.8 Å². The van der Waals surface area contributed by atoms with Crippen molar-refractivity contribution in [3.63, 3.8) is 0 Å². The second-order valence-corrected chi connectivity index (χ2v) is 5.70. The molecule has 1 aromatic carbocycles. The summed E-state index contributed by atoms with van der Waals surface area (Å²) in [6.45, 7) is 2.04. The first-order chi connectivity index (χ1) is 10.2. The van der Waals surface area contributed by atoms with Gasteiger partial charge in [-0.25, -0.2) is 4.98 Å². The van der Waals surface area contributed by atoms with Crippen LogP contribution >= 0.6 is 11.6 Å². The average molecular weight is 302 g/mol. The summed E-state index contributed by atoms with van der Waals surface area (Å²) >= 11 is 5.93. The van der Waals surface area contributed by atoms with Gasteiger partial charge in [0.2, 0.25) is 0 Å². The van der Waals surface area contributed by atoms with Crippen molar-refractivity contribution >= 4 is 17.5 Å². The van der Waals surface area contributed by atoms with Gasteiger partial charge < -0.3 is 4.90 Å². The molecule has 1 heterocycles. The normalized spacial score (nSPS) is 15.5. The van der Waals surface area contributed by atoms with E-state index in [9.17, 15) is 4.79 Å². The van der Waals surface area contributed by atoms with E-state index in [-0.39, 0.29) is 11.9 Å². The Hall–Kier alpha value is -1.94. The lowest BCUT2D eigenvalue weighted by molar-refractivity contribution is 0.0667. The van der Waals surface area contributed by atoms with Crippen LogP contribution in [0.2, 0.25) is 5.02 Å². The largest absolute Gasteiger partial charge is 0.328 e. The van der Waals surface area contributed by atoms with Crippen molar-refractivity contribution in [2.75, 3.05) is 0 Å². The first-order valence-corrected chi connectivity index (χ1v) is 7.39. The highest BCUT2D eigenvalue weighted by Gasteiger charge is 2.37. The highest BCUT2D eigenvalue weighted by Crippen LogP contribution is 2.35. The maximum Gasteiger partial charge on any atom is 0.274 e. The number of rotatable bonds is 4. The van der Waals surface area contributed by atoms with Crippen LogP contribution in [0.5, 0.6) is 0 Å². The molecule has 1 saturated carbocycles. The number of carbonyl (C=O) groups excluding carboxylic acids is 1. The summed E-state index contributed by atoms with van der Waals surface area (Å²) in [4.78, 5) is 22.7. The standard InChI is InChI=1S/C16H16ClN3O/c1-11(12-2-4-13(17)5-3-12)20(14-6-7-14)16(21)15-10-18-8-9-19-15/h2-5,8-11,14H,6-7H2,1H3. The van der Waals surface area contributed by atoms with Gasteiger partial charge in [-0.05, 0) is 37.5 Å². The molecule has 0 radical (unpaired) electrons. The molecule has 0 bridgehead atoms. The Morgan fingerprint density at radius 3 is 2.57 bits per heavy atom. The Morgan fingerprint density at radius 1 is 1.29 bits per heavy atom. The molecule has 1 aliphatic carbocycles. The molecule has 1 aromatic heterocycles. The molecule has 2 aromatic rings. The van der Waals surface area contributed by atoms with E-state index in [4.69, 9.17) is 11.6 Å². The number of aromatic nitrogens is 2. The van der Waals surface area contributed by atoms with E-state index < -0.39 is 0 Å². The number of hydrogen-bond donors (Lipinski definition) is 0. The van der Waals surface area contributed by atoms with Gasteiger partial charge in [-0.2, -0.15) is 0 Å². The quantitative estimate of drug-likeness (QED) is 0.868. The van der Waals surface area contributed by atoms with E-state index in [0.717, 1.165) is 18.4 Å². The van der Waals surface area contributed by atoms with Gasteiger partial charge in [0.05, 0.1) is 12.2 Å². The van der Waals surface area contributed by atoms with Crippen molar-refractivity contribution in [1.29, 1.82) is 0 Å². The summed E-state index contributed by atoms with van der Waals surface area (Å²) < 4.78 is 0. The molecular weight excluding hydrogens is 286 g/mol. The third kappa shape index (κ3) is 3.05. The smallest absolute Gasteiger partial charge is 0.274 e. The fraction of sp³-hybridized carbons (Fsp3) is 0.312. The fourth-order valence-electron chi connectivity index (χ4n) is 2.45. The van der Waals surface area contributed by atoms with Crippen LogP contribution < -0.4 is 0 Å². The molecule has 0 saturated heterocycles. The zero-order chi connectivity index (χ0) is 14.8. The molecule has 0 aliphatic heterocycles. The summed E-state index contributed by atoms with van der Waals surface area (Å²) in [5.74, 6) is -0.0620. The molecule has 3 rings (SSSR count). The van der Waals surface area contributed by atoms with Crippen molar-refractivity contribution in [2.45, 2.75) is 31.8 Å². The minimum absolute atomic E-state index is 0.00993. The maximum absolute atomic E-state index is 12.7. The Bertz CT molecular complexity index is 626. The molecule has 4 nitrogen and oxygen atoms in total. The molecule has 0 spiro atoms. The minimum atomic E-state index is -0.0620. The summed E-state index contributed by atoms with van der Waals surface area (Å²) in [5, 5.41) is 0.698. The number of amides is 1. The van der Waals surface area contributed by atoms with Crippen molar-refractivity contribution in [1.82, 2.24) is 14.9 Å². The van der Waals surface area contributed by atoms with Crippen molar-refractivity contribution in [3.05, 3.63) is 59.1 Å². The molecule has 21 heavy (non-hydrogen) atoms. The second kappa shape index (κ2) is 5.82. The van der Waals surface area contributed by atoms with Gasteiger partial charge in [0.15, 0.2) is 0 Å². The molecular formula is C16H16ClN3O. The first kappa shape index (κ1) is 14.0. The second-order valence-electron chi connectivity index (χ2n) is 5.26. The van der Waals surface area contributed by atoms with E-state index in [1.54, 1.807) is 12.4 Å². The van der Waals surface area contributed by atoms with Crippen LogP contribution in [0.4, 0.5) is 0 Å². The van der Waals surface area contributed by atoms with Crippen LogP contribution in [0.1, 0.15) is 41.9 Å². The van der Waals surface area contributed by atoms with E-state index in [1.807, 2.05) is 36.1 Å². The van der Waals surface area contributed by atoms with Gasteiger partial charge in [0.1, 0.15) is 5.69 Å². The van der Waals surface area contributed by atoms with Crippen LogP contribution in [-0.4, -0.2) is 26.8 Å². The predicted molar refractivity (Wildman–Crippen MR) is 81.1 cm³/mol. The molecule has 108 valence electrons. The topological polar surface area (TPSA) is 46.1 Å². The van der Waals surface area contributed by atoms with Gasteiger partial charge >= 0.3 is 0 Å². The number of benzene rings is 1. The summed E-state index contributed by atoms with van der Waals surface area (Å²) in [6.07, 6.45) is 6.73. The van der Waals surface area contributed by atoms with Gasteiger partial charge in [-0.3, -0.25) is 9.78 Å². The molecule has 1 amide bonds. The summed E-state index contributed by atoms with van der Waals surface area (Å²) in [7, 11) is 0. The van der Waals surface area contributed by atoms with Gasteiger partial charge in [-0.15, -0.1) is 0 Å². The monoisotopic (exact) mass is 301 g/mol. The maximum atomic E-state index is 12.7. The Labute approximate surface area is 128 Å². The van der Waals surface area contributed by atoms with Crippen LogP contribution in [-0.2, 0) is 0 Å². The zero-order valence-corrected chi connectivity index (χ0v) is 12.5. The molecule has 1 aliphatic rings. The van der Waals surface area contributed by atoms with Crippen LogP contribution in [0, 0.1) is 0 Å². The number of hydrogen-bond acceptors (Lipinski definition) is 3. The lowest BCUT2D eigenvalue weighted by atomic mass is 10.1. The average Bonchev–Trinajstić information content (AvgIpc) is 3.33. The molecule has 1 unspecified atom stereocenters. The highest BCUT2D eigenvalue weighted by molar-refractivity contribution is 6.30. The third-order valence-corrected chi connectivity index (χ3v) is 3.98. The van der Waals surface area contributed by atoms with Gasteiger partial charge in [-0.1, -0.05) is 23.7 Å².